The topological polar surface area (TPSA) is 21.3 Å². The Bertz CT molecular complexity index is 3910. The summed E-state index contributed by atoms with van der Waals surface area (Å²) in [5, 5.41) is 9.61. The molecule has 0 saturated carbocycles. The van der Waals surface area contributed by atoms with Gasteiger partial charge in [-0.1, -0.05) is 188 Å². The highest BCUT2D eigenvalue weighted by molar-refractivity contribution is 6.24. The van der Waals surface area contributed by atoms with Gasteiger partial charge in [0.2, 0.25) is 0 Å². The van der Waals surface area contributed by atoms with Crippen LogP contribution in [0, 0.1) is 0 Å². The summed E-state index contributed by atoms with van der Waals surface area (Å²) in [5.74, 6) is 0. The molecule has 0 spiro atoms. The van der Waals surface area contributed by atoms with Crippen LogP contribution in [0.5, 0.6) is 0 Å². The van der Waals surface area contributed by atoms with Crippen molar-refractivity contribution in [1.29, 1.82) is 0 Å². The zero-order valence-electron chi connectivity index (χ0n) is 35.4. The minimum absolute atomic E-state index is 0.899. The highest BCUT2D eigenvalue weighted by Gasteiger charge is 2.23. The lowest BCUT2D eigenvalue weighted by molar-refractivity contribution is 0.670. The largest absolute Gasteiger partial charge is 0.455 e. The first-order valence-corrected chi connectivity index (χ1v) is 22.3. The predicted octanol–water partition coefficient (Wildman–Crippen LogP) is 17.5. The standard InChI is InChI=1S/C62H40N2O/c1-3-16-41(17-4-1)48-26-13-18-44-19-14-27-49(60(44)48)42-32-36-46(37-33-42)63(47-38-34-43(35-39-47)50-28-15-29-54-52-23-10-12-31-59(52)65-62(50)54)57-40-58-61(53-24-8-7-22-51(53)57)55-25-9-11-30-56(55)64(58)45-20-5-2-6-21-45/h1-40H. The summed E-state index contributed by atoms with van der Waals surface area (Å²) < 4.78 is 8.93. The van der Waals surface area contributed by atoms with E-state index in [0.717, 1.165) is 61.3 Å². The quantitative estimate of drug-likeness (QED) is 0.160. The van der Waals surface area contributed by atoms with Crippen LogP contribution in [0.4, 0.5) is 17.1 Å². The molecule has 0 saturated heterocycles. The van der Waals surface area contributed by atoms with Crippen LogP contribution < -0.4 is 4.90 Å². The maximum atomic E-state index is 6.51. The summed E-state index contributed by atoms with van der Waals surface area (Å²) in [4.78, 5) is 2.43. The van der Waals surface area contributed by atoms with Crippen LogP contribution in [0.3, 0.4) is 0 Å². The van der Waals surface area contributed by atoms with Gasteiger partial charge in [0.1, 0.15) is 11.2 Å². The Balaban J connectivity index is 1.03. The monoisotopic (exact) mass is 828 g/mol. The summed E-state index contributed by atoms with van der Waals surface area (Å²) in [7, 11) is 0. The number of aromatic nitrogens is 1. The van der Waals surface area contributed by atoms with Crippen molar-refractivity contribution in [2.45, 2.75) is 0 Å². The van der Waals surface area contributed by atoms with E-state index in [0.29, 0.717) is 0 Å². The molecule has 0 unspecified atom stereocenters. The lowest BCUT2D eigenvalue weighted by atomic mass is 9.91. The number of para-hydroxylation sites is 4. The van der Waals surface area contributed by atoms with E-state index in [4.69, 9.17) is 4.42 Å². The summed E-state index contributed by atoms with van der Waals surface area (Å²) in [5.41, 5.74) is 15.5. The normalized spacial score (nSPS) is 11.7. The van der Waals surface area contributed by atoms with Gasteiger partial charge < -0.3 is 13.9 Å². The molecule has 0 radical (unpaired) electrons. The van der Waals surface area contributed by atoms with E-state index in [9.17, 15) is 0 Å². The first-order valence-electron chi connectivity index (χ1n) is 22.3. The second-order valence-corrected chi connectivity index (χ2v) is 16.8. The van der Waals surface area contributed by atoms with Gasteiger partial charge in [0.15, 0.2) is 0 Å². The van der Waals surface area contributed by atoms with Crippen LogP contribution in [-0.4, -0.2) is 4.57 Å². The molecule has 0 aliphatic heterocycles. The van der Waals surface area contributed by atoms with Crippen LogP contribution in [0.1, 0.15) is 0 Å². The Kier molecular flexibility index (Phi) is 8.53. The highest BCUT2D eigenvalue weighted by atomic mass is 16.3. The Hall–Kier alpha value is -8.66. The molecule has 0 aliphatic carbocycles. The first kappa shape index (κ1) is 36.9. The van der Waals surface area contributed by atoms with Gasteiger partial charge in [0, 0.05) is 49.6 Å². The van der Waals surface area contributed by atoms with Crippen molar-refractivity contribution in [3.63, 3.8) is 0 Å². The van der Waals surface area contributed by atoms with E-state index in [1.807, 2.05) is 12.1 Å². The summed E-state index contributed by atoms with van der Waals surface area (Å²) in [6.45, 7) is 0. The van der Waals surface area contributed by atoms with E-state index in [2.05, 4.69) is 240 Å². The third kappa shape index (κ3) is 5.97. The van der Waals surface area contributed by atoms with Crippen LogP contribution in [0.15, 0.2) is 247 Å². The molecular formula is C62H40N2O. The molecule has 0 N–H and O–H groups in total. The molecule has 304 valence electrons. The Morgan fingerprint density at radius 3 is 1.57 bits per heavy atom. The van der Waals surface area contributed by atoms with E-state index in [1.165, 1.54) is 60.1 Å². The van der Waals surface area contributed by atoms with Crippen molar-refractivity contribution in [3.8, 4) is 39.1 Å². The molecule has 2 heterocycles. The van der Waals surface area contributed by atoms with Crippen LogP contribution in [-0.2, 0) is 0 Å². The Morgan fingerprint density at radius 1 is 0.338 bits per heavy atom. The maximum absolute atomic E-state index is 6.51. The van der Waals surface area contributed by atoms with Crippen LogP contribution in [0.2, 0.25) is 0 Å². The fourth-order valence-electron chi connectivity index (χ4n) is 10.3. The molecule has 2 aromatic heterocycles. The SMILES string of the molecule is c1ccc(-c2cccc3cccc(-c4ccc(N(c5ccc(-c6cccc7c6oc6ccccc67)cc5)c5cc6c(c7ccccc57)c5ccccc5n6-c5ccccc5)cc4)c23)cc1. The molecule has 3 heteroatoms. The summed E-state index contributed by atoms with van der Waals surface area (Å²) >= 11 is 0. The van der Waals surface area contributed by atoms with E-state index >= 15 is 0 Å². The van der Waals surface area contributed by atoms with E-state index in [-0.39, 0.29) is 0 Å². The smallest absolute Gasteiger partial charge is 0.143 e. The van der Waals surface area contributed by atoms with Gasteiger partial charge in [-0.15, -0.1) is 0 Å². The van der Waals surface area contributed by atoms with Crippen molar-refractivity contribution in [2.24, 2.45) is 0 Å². The van der Waals surface area contributed by atoms with Gasteiger partial charge >= 0.3 is 0 Å². The van der Waals surface area contributed by atoms with Gasteiger partial charge in [0.05, 0.1) is 16.7 Å². The number of nitrogens with zero attached hydrogens (tertiary/aromatic N) is 2. The first-order chi connectivity index (χ1) is 32.3. The molecular weight excluding hydrogens is 789 g/mol. The molecule has 0 fully saturated rings. The van der Waals surface area contributed by atoms with E-state index in [1.54, 1.807) is 0 Å². The molecule has 0 bridgehead atoms. The zero-order chi connectivity index (χ0) is 42.8. The van der Waals surface area contributed by atoms with Crippen molar-refractivity contribution in [3.05, 3.63) is 243 Å². The maximum Gasteiger partial charge on any atom is 0.143 e. The van der Waals surface area contributed by atoms with Gasteiger partial charge in [0.25, 0.3) is 0 Å². The number of fused-ring (bicyclic) bond motifs is 9. The van der Waals surface area contributed by atoms with Crippen molar-refractivity contribution < 1.29 is 4.42 Å². The van der Waals surface area contributed by atoms with Crippen molar-refractivity contribution >= 4 is 82.4 Å². The minimum Gasteiger partial charge on any atom is -0.455 e. The Labute approximate surface area is 376 Å². The van der Waals surface area contributed by atoms with E-state index < -0.39 is 0 Å². The molecule has 0 amide bonds. The third-order valence-electron chi connectivity index (χ3n) is 13.2. The van der Waals surface area contributed by atoms with Crippen LogP contribution >= 0.6 is 0 Å². The molecule has 0 aliphatic rings. The zero-order valence-corrected chi connectivity index (χ0v) is 35.4. The van der Waals surface area contributed by atoms with Crippen LogP contribution in [0.25, 0.3) is 104 Å². The minimum atomic E-state index is 0.899. The second-order valence-electron chi connectivity index (χ2n) is 16.8. The fraction of sp³-hybridized carbons (Fsp3) is 0. The third-order valence-corrected chi connectivity index (χ3v) is 13.2. The number of rotatable bonds is 7. The molecule has 11 aromatic carbocycles. The lowest BCUT2D eigenvalue weighted by Crippen LogP contribution is -2.11. The predicted molar refractivity (Wildman–Crippen MR) is 274 cm³/mol. The van der Waals surface area contributed by atoms with Crippen molar-refractivity contribution in [1.82, 2.24) is 4.57 Å². The summed E-state index contributed by atoms with van der Waals surface area (Å²) in [6.07, 6.45) is 0. The fourth-order valence-corrected chi connectivity index (χ4v) is 10.3. The molecule has 13 rings (SSSR count). The average Bonchev–Trinajstić information content (AvgIpc) is 3.93. The van der Waals surface area contributed by atoms with Gasteiger partial charge in [-0.2, -0.15) is 0 Å². The number of hydrogen-bond acceptors (Lipinski definition) is 2. The molecule has 0 atom stereocenters. The number of anilines is 3. The lowest BCUT2D eigenvalue weighted by Gasteiger charge is -2.28. The second kappa shape index (κ2) is 15.0. The number of benzene rings is 11. The molecule has 13 aromatic rings. The van der Waals surface area contributed by atoms with Gasteiger partial charge in [-0.3, -0.25) is 0 Å². The van der Waals surface area contributed by atoms with Gasteiger partial charge in [-0.05, 0) is 98.6 Å². The van der Waals surface area contributed by atoms with Crippen molar-refractivity contribution in [2.75, 3.05) is 4.90 Å². The molecule has 3 nitrogen and oxygen atoms in total. The van der Waals surface area contributed by atoms with Gasteiger partial charge in [-0.25, -0.2) is 0 Å². The average molecular weight is 829 g/mol. The number of hydrogen-bond donors (Lipinski definition) is 0. The number of furan rings is 1. The Morgan fingerprint density at radius 2 is 0.862 bits per heavy atom. The molecule has 65 heavy (non-hydrogen) atoms. The highest BCUT2D eigenvalue weighted by Crippen LogP contribution is 2.47. The summed E-state index contributed by atoms with van der Waals surface area (Å²) in [6, 6.07) is 87.7.